The Bertz CT molecular complexity index is 313. The fraction of sp³-hybridized carbons (Fsp3) is 0.333. The van der Waals surface area contributed by atoms with Crippen molar-refractivity contribution in [2.75, 3.05) is 0 Å². The van der Waals surface area contributed by atoms with Gasteiger partial charge in [0.25, 0.3) is 0 Å². The van der Waals surface area contributed by atoms with Crippen LogP contribution in [0.1, 0.15) is 17.2 Å². The Morgan fingerprint density at radius 1 is 1.50 bits per heavy atom. The number of hydrogen-bond acceptors (Lipinski definition) is 2. The molecule has 3 heteroatoms. The van der Waals surface area contributed by atoms with Crippen LogP contribution in [-0.4, -0.2) is 11.2 Å². The molecule has 0 aliphatic heterocycles. The lowest BCUT2D eigenvalue weighted by atomic mass is 10.1. The van der Waals surface area contributed by atoms with Crippen molar-refractivity contribution in [2.45, 2.75) is 18.6 Å². The topological polar surface area (TPSA) is 46.2 Å². The molecule has 0 saturated heterocycles. The maximum Gasteiger partial charge on any atom is 0.0773 e. The van der Waals surface area contributed by atoms with Crippen molar-refractivity contribution in [3.05, 3.63) is 33.8 Å². The van der Waals surface area contributed by atoms with Gasteiger partial charge in [-0.05, 0) is 23.3 Å². The molecule has 1 aromatic carbocycles. The van der Waals surface area contributed by atoms with Crippen LogP contribution >= 0.6 is 15.9 Å². The van der Waals surface area contributed by atoms with Gasteiger partial charge in [-0.2, -0.15) is 0 Å². The molecule has 1 aliphatic carbocycles. The van der Waals surface area contributed by atoms with Gasteiger partial charge in [-0.3, -0.25) is 0 Å². The van der Waals surface area contributed by atoms with Crippen molar-refractivity contribution < 1.29 is 5.11 Å². The lowest BCUT2D eigenvalue weighted by molar-refractivity contribution is 0.158. The van der Waals surface area contributed by atoms with Gasteiger partial charge < -0.3 is 10.8 Å². The van der Waals surface area contributed by atoms with Crippen molar-refractivity contribution >= 4 is 15.9 Å². The quantitative estimate of drug-likeness (QED) is 0.704. The molecule has 2 rings (SSSR count). The summed E-state index contributed by atoms with van der Waals surface area (Å²) in [6.45, 7) is 0. The molecule has 3 N–H and O–H groups in total. The molecule has 1 aromatic rings. The minimum absolute atomic E-state index is 0.201. The predicted octanol–water partition coefficient (Wildman–Crippen LogP) is 1.37. The summed E-state index contributed by atoms with van der Waals surface area (Å²) in [7, 11) is 0. The highest BCUT2D eigenvalue weighted by Gasteiger charge is 2.27. The molecule has 0 saturated carbocycles. The van der Waals surface area contributed by atoms with Crippen molar-refractivity contribution in [3.8, 4) is 0 Å². The summed E-state index contributed by atoms with van der Waals surface area (Å²) < 4.78 is 1.04. The standard InChI is InChI=1S/C9H10BrNO/c10-6-1-2-7-5(3-6)4-8(12)9(7)11/h1-3,8-9,12H,4,11H2/t8-,9?/m1/s1. The van der Waals surface area contributed by atoms with E-state index in [9.17, 15) is 5.11 Å². The Balaban J connectivity index is 2.47. The SMILES string of the molecule is NC1c2ccc(Br)cc2C[C@H]1O. The molecule has 0 fully saturated rings. The predicted molar refractivity (Wildman–Crippen MR) is 50.8 cm³/mol. The van der Waals surface area contributed by atoms with Crippen LogP contribution in [0.5, 0.6) is 0 Å². The van der Waals surface area contributed by atoms with Gasteiger partial charge in [-0.15, -0.1) is 0 Å². The molecule has 12 heavy (non-hydrogen) atoms. The Hall–Kier alpha value is -0.380. The van der Waals surface area contributed by atoms with Crippen LogP contribution in [0.2, 0.25) is 0 Å². The lowest BCUT2D eigenvalue weighted by Gasteiger charge is -2.07. The second kappa shape index (κ2) is 2.83. The van der Waals surface area contributed by atoms with Gasteiger partial charge in [0.2, 0.25) is 0 Å². The third-order valence-electron chi connectivity index (χ3n) is 2.31. The average molecular weight is 228 g/mol. The van der Waals surface area contributed by atoms with E-state index >= 15 is 0 Å². The summed E-state index contributed by atoms with van der Waals surface area (Å²) in [6.07, 6.45) is 0.268. The molecule has 0 spiro atoms. The van der Waals surface area contributed by atoms with Gasteiger partial charge in [0.1, 0.15) is 0 Å². The monoisotopic (exact) mass is 227 g/mol. The smallest absolute Gasteiger partial charge is 0.0773 e. The van der Waals surface area contributed by atoms with Crippen LogP contribution in [0.25, 0.3) is 0 Å². The van der Waals surface area contributed by atoms with E-state index in [2.05, 4.69) is 15.9 Å². The van der Waals surface area contributed by atoms with Crippen LogP contribution in [0, 0.1) is 0 Å². The zero-order valence-corrected chi connectivity index (χ0v) is 8.08. The summed E-state index contributed by atoms with van der Waals surface area (Å²) >= 11 is 3.38. The zero-order chi connectivity index (χ0) is 8.72. The third kappa shape index (κ3) is 1.18. The van der Waals surface area contributed by atoms with Crippen molar-refractivity contribution in [2.24, 2.45) is 5.73 Å². The molecule has 1 unspecified atom stereocenters. The van der Waals surface area contributed by atoms with Gasteiger partial charge in [0.15, 0.2) is 0 Å². The molecule has 2 nitrogen and oxygen atoms in total. The van der Waals surface area contributed by atoms with Gasteiger partial charge >= 0.3 is 0 Å². The second-order valence-corrected chi connectivity index (χ2v) is 4.06. The number of hydrogen-bond donors (Lipinski definition) is 2. The second-order valence-electron chi connectivity index (χ2n) is 3.14. The maximum absolute atomic E-state index is 9.47. The Morgan fingerprint density at radius 2 is 2.25 bits per heavy atom. The summed E-state index contributed by atoms with van der Waals surface area (Å²) in [6, 6.07) is 5.75. The first kappa shape index (κ1) is 8.23. The van der Waals surface area contributed by atoms with E-state index in [4.69, 9.17) is 5.73 Å². The van der Waals surface area contributed by atoms with E-state index in [1.807, 2.05) is 18.2 Å². The average Bonchev–Trinajstić information content (AvgIpc) is 2.28. The first-order valence-corrected chi connectivity index (χ1v) is 4.70. The Morgan fingerprint density at radius 3 is 3.00 bits per heavy atom. The van der Waals surface area contributed by atoms with Gasteiger partial charge in [0, 0.05) is 10.9 Å². The van der Waals surface area contributed by atoms with E-state index in [1.54, 1.807) is 0 Å². The normalized spacial score (nSPS) is 27.2. The lowest BCUT2D eigenvalue weighted by Crippen LogP contribution is -2.21. The van der Waals surface area contributed by atoms with E-state index in [0.717, 1.165) is 15.6 Å². The fourth-order valence-corrected chi connectivity index (χ4v) is 2.04. The number of aliphatic hydroxyl groups excluding tert-OH is 1. The molecule has 0 radical (unpaired) electrons. The number of fused-ring (bicyclic) bond motifs is 1. The highest BCUT2D eigenvalue weighted by Crippen LogP contribution is 2.31. The Kier molecular flexibility index (Phi) is 1.94. The third-order valence-corrected chi connectivity index (χ3v) is 2.80. The van der Waals surface area contributed by atoms with Gasteiger partial charge in [0.05, 0.1) is 12.1 Å². The zero-order valence-electron chi connectivity index (χ0n) is 6.50. The van der Waals surface area contributed by atoms with Gasteiger partial charge in [-0.25, -0.2) is 0 Å². The molecule has 64 valence electrons. The summed E-state index contributed by atoms with van der Waals surface area (Å²) in [5, 5.41) is 9.47. The highest BCUT2D eigenvalue weighted by molar-refractivity contribution is 9.10. The van der Waals surface area contributed by atoms with Crippen LogP contribution in [0.3, 0.4) is 0 Å². The van der Waals surface area contributed by atoms with E-state index < -0.39 is 6.10 Å². The number of benzene rings is 1. The molecule has 0 aromatic heterocycles. The van der Waals surface area contributed by atoms with Crippen molar-refractivity contribution in [1.29, 1.82) is 0 Å². The Labute approximate surface area is 79.5 Å². The number of rotatable bonds is 0. The molecular weight excluding hydrogens is 218 g/mol. The fourth-order valence-electron chi connectivity index (χ4n) is 1.64. The molecule has 0 bridgehead atoms. The molecular formula is C9H10BrNO. The van der Waals surface area contributed by atoms with Crippen LogP contribution < -0.4 is 5.73 Å². The van der Waals surface area contributed by atoms with Crippen molar-refractivity contribution in [1.82, 2.24) is 0 Å². The van der Waals surface area contributed by atoms with E-state index in [0.29, 0.717) is 6.42 Å². The first-order valence-electron chi connectivity index (χ1n) is 3.90. The maximum atomic E-state index is 9.47. The van der Waals surface area contributed by atoms with E-state index in [-0.39, 0.29) is 6.04 Å². The van der Waals surface area contributed by atoms with Gasteiger partial charge in [-0.1, -0.05) is 22.0 Å². The number of halogens is 1. The minimum Gasteiger partial charge on any atom is -0.391 e. The summed E-state index contributed by atoms with van der Waals surface area (Å²) in [4.78, 5) is 0. The number of aliphatic hydroxyl groups is 1. The van der Waals surface area contributed by atoms with Crippen LogP contribution in [0.15, 0.2) is 22.7 Å². The number of nitrogens with two attached hydrogens (primary N) is 1. The minimum atomic E-state index is -0.408. The van der Waals surface area contributed by atoms with Crippen LogP contribution in [-0.2, 0) is 6.42 Å². The summed E-state index contributed by atoms with van der Waals surface area (Å²) in [5.74, 6) is 0. The molecule has 0 amide bonds. The molecule has 0 heterocycles. The summed E-state index contributed by atoms with van der Waals surface area (Å²) in [5.41, 5.74) is 8.01. The largest absolute Gasteiger partial charge is 0.391 e. The van der Waals surface area contributed by atoms with Crippen LogP contribution in [0.4, 0.5) is 0 Å². The molecule has 1 aliphatic rings. The van der Waals surface area contributed by atoms with E-state index in [1.165, 1.54) is 0 Å². The molecule has 2 atom stereocenters. The van der Waals surface area contributed by atoms with Crippen molar-refractivity contribution in [3.63, 3.8) is 0 Å². The first-order chi connectivity index (χ1) is 5.68. The highest BCUT2D eigenvalue weighted by atomic mass is 79.9.